The number of aliphatic carboxylic acids is 1. The fraction of sp³-hybridized carbons (Fsp3) is 0.525. The van der Waals surface area contributed by atoms with Gasteiger partial charge in [0.25, 0.3) is 5.91 Å². The average molecular weight is 752 g/mol. The molecule has 1 aromatic carbocycles. The molecule has 0 bridgehead atoms. The van der Waals surface area contributed by atoms with E-state index < -0.39 is 77.4 Å². The van der Waals surface area contributed by atoms with Crippen molar-refractivity contribution in [3.63, 3.8) is 0 Å². The summed E-state index contributed by atoms with van der Waals surface area (Å²) in [5.74, 6) is -7.79. The Labute approximate surface area is 318 Å². The highest BCUT2D eigenvalue weighted by molar-refractivity contribution is 6.00. The van der Waals surface area contributed by atoms with Crippen molar-refractivity contribution in [2.45, 2.75) is 98.0 Å². The summed E-state index contributed by atoms with van der Waals surface area (Å²) >= 11 is 0. The van der Waals surface area contributed by atoms with E-state index in [1.165, 1.54) is 27.0 Å². The Balaban J connectivity index is 2.53. The van der Waals surface area contributed by atoms with Crippen LogP contribution >= 0.6 is 0 Å². The van der Waals surface area contributed by atoms with Crippen LogP contribution in [0.2, 0.25) is 0 Å². The molecule has 5 amide bonds. The lowest BCUT2D eigenvalue weighted by Gasteiger charge is -2.29. The van der Waals surface area contributed by atoms with E-state index in [-0.39, 0.29) is 30.6 Å². The lowest BCUT2D eigenvalue weighted by atomic mass is 9.94. The molecule has 1 saturated heterocycles. The number of hydrogen-bond acceptors (Lipinski definition) is 8. The van der Waals surface area contributed by atoms with E-state index in [0.717, 1.165) is 16.0 Å². The molecule has 0 aliphatic carbocycles. The van der Waals surface area contributed by atoms with Crippen LogP contribution < -0.4 is 21.3 Å². The number of benzene rings is 1. The number of likely N-dealkylation sites (N-methyl/N-ethyl adjacent to an activating group) is 1. The summed E-state index contributed by atoms with van der Waals surface area (Å²) < 4.78 is 5.79. The van der Waals surface area contributed by atoms with Gasteiger partial charge in [-0.3, -0.25) is 24.0 Å². The van der Waals surface area contributed by atoms with Gasteiger partial charge >= 0.3 is 5.97 Å². The van der Waals surface area contributed by atoms with Gasteiger partial charge in [-0.2, -0.15) is 0 Å². The lowest BCUT2D eigenvalue weighted by Crippen LogP contribution is -2.57. The molecule has 1 aliphatic heterocycles. The van der Waals surface area contributed by atoms with Crippen molar-refractivity contribution in [2.24, 2.45) is 23.7 Å². The minimum atomic E-state index is -1.71. The number of nitrogens with one attached hydrogen (secondary N) is 4. The third-order valence-electron chi connectivity index (χ3n) is 9.64. The minimum absolute atomic E-state index is 0.00871. The third kappa shape index (κ3) is 13.1. The molecule has 8 atom stereocenters. The summed E-state index contributed by atoms with van der Waals surface area (Å²) in [5.41, 5.74) is 1.78. The van der Waals surface area contributed by atoms with Crippen LogP contribution in [0.3, 0.4) is 0 Å². The van der Waals surface area contributed by atoms with Crippen molar-refractivity contribution in [1.82, 2.24) is 26.2 Å². The van der Waals surface area contributed by atoms with Crippen molar-refractivity contribution < 1.29 is 43.4 Å². The molecule has 14 nitrogen and oxygen atoms in total. The number of aldehydes is 1. The van der Waals surface area contributed by atoms with Crippen LogP contribution in [0.1, 0.15) is 66.9 Å². The molecule has 296 valence electrons. The largest absolute Gasteiger partial charge is 0.480 e. The van der Waals surface area contributed by atoms with Gasteiger partial charge in [0.05, 0.1) is 30.0 Å². The van der Waals surface area contributed by atoms with Crippen LogP contribution in [-0.2, 0) is 44.7 Å². The van der Waals surface area contributed by atoms with E-state index in [0.29, 0.717) is 12.7 Å². The van der Waals surface area contributed by atoms with Crippen LogP contribution in [0.4, 0.5) is 0 Å². The summed E-state index contributed by atoms with van der Waals surface area (Å²) in [4.78, 5) is 92.6. The van der Waals surface area contributed by atoms with Gasteiger partial charge in [0.15, 0.2) is 0 Å². The van der Waals surface area contributed by atoms with Crippen LogP contribution in [0.25, 0.3) is 0 Å². The summed E-state index contributed by atoms with van der Waals surface area (Å²) in [6, 6.07) is 5.09. The molecular formula is C40H57N5O9. The van der Waals surface area contributed by atoms with Crippen LogP contribution in [0.5, 0.6) is 0 Å². The highest BCUT2D eigenvalue weighted by atomic mass is 16.5. The molecule has 5 N–H and O–H groups in total. The molecule has 0 unspecified atom stereocenters. The van der Waals surface area contributed by atoms with Gasteiger partial charge in [-0.25, -0.2) is 4.79 Å². The molecule has 1 fully saturated rings. The Morgan fingerprint density at radius 1 is 0.963 bits per heavy atom. The first kappa shape index (κ1) is 45.0. The Kier molecular flexibility index (Phi) is 18.0. The normalized spacial score (nSPS) is 26.6. The number of carbonyl (C=O) groups excluding carboxylic acids is 6. The van der Waals surface area contributed by atoms with Crippen molar-refractivity contribution >= 4 is 41.8 Å². The Bertz CT molecular complexity index is 1590. The van der Waals surface area contributed by atoms with Crippen LogP contribution in [-0.4, -0.2) is 96.2 Å². The zero-order chi connectivity index (χ0) is 40.7. The SMILES string of the molecule is C/C=C1/C(=O)N[C@@H](C(=O)O)[C@H](C)C(=O)N[C@@H](C(C)C)C(=O)N[C@@H](/C=C/C(C)=C/[C@H](C)[C@H](Cc2ccccc2)OC)[C@H](C)C(=O)N[C@@H](C=O)CCC(=O)N1C. The number of carboxylic acids is 1. The smallest absolute Gasteiger partial charge is 0.327 e. The van der Waals surface area contributed by atoms with Crippen molar-refractivity contribution in [3.05, 3.63) is 71.5 Å². The number of nitrogens with zero attached hydrogens (tertiary/aromatic N) is 1. The average Bonchev–Trinajstić information content (AvgIpc) is 3.13. The van der Waals surface area contributed by atoms with E-state index in [2.05, 4.69) is 21.3 Å². The number of ether oxygens (including phenoxy) is 1. The maximum atomic E-state index is 13.9. The van der Waals surface area contributed by atoms with Crippen molar-refractivity contribution in [3.8, 4) is 0 Å². The lowest BCUT2D eigenvalue weighted by molar-refractivity contribution is -0.146. The van der Waals surface area contributed by atoms with Gasteiger partial charge in [0, 0.05) is 26.5 Å². The second-order valence-corrected chi connectivity index (χ2v) is 14.1. The number of rotatable bonds is 10. The first-order chi connectivity index (χ1) is 25.4. The summed E-state index contributed by atoms with van der Waals surface area (Å²) in [7, 11) is 2.98. The molecule has 1 aliphatic rings. The fourth-order valence-corrected chi connectivity index (χ4v) is 6.05. The Morgan fingerprint density at radius 3 is 2.15 bits per heavy atom. The van der Waals surface area contributed by atoms with E-state index in [9.17, 15) is 38.7 Å². The number of carbonyl (C=O) groups is 7. The number of carboxylic acid groups (broad SMARTS) is 1. The molecule has 1 heterocycles. The second-order valence-electron chi connectivity index (χ2n) is 14.1. The number of methoxy groups -OCH3 is 1. The monoisotopic (exact) mass is 751 g/mol. The van der Waals surface area contributed by atoms with E-state index >= 15 is 0 Å². The summed E-state index contributed by atoms with van der Waals surface area (Å²) in [6.07, 6.45) is 7.50. The topological polar surface area (TPSA) is 200 Å². The minimum Gasteiger partial charge on any atom is -0.480 e. The first-order valence-corrected chi connectivity index (χ1v) is 18.2. The molecular weight excluding hydrogens is 694 g/mol. The molecule has 1 aromatic rings. The predicted molar refractivity (Wildman–Crippen MR) is 203 cm³/mol. The van der Waals surface area contributed by atoms with Crippen LogP contribution in [0, 0.1) is 23.7 Å². The number of allylic oxidation sites excluding steroid dienone is 3. The first-order valence-electron chi connectivity index (χ1n) is 18.2. The van der Waals surface area contributed by atoms with Crippen molar-refractivity contribution in [2.75, 3.05) is 14.2 Å². The highest BCUT2D eigenvalue weighted by Crippen LogP contribution is 2.19. The van der Waals surface area contributed by atoms with E-state index in [1.54, 1.807) is 40.0 Å². The second kappa shape index (κ2) is 21.6. The Morgan fingerprint density at radius 2 is 1.59 bits per heavy atom. The van der Waals surface area contributed by atoms with Gasteiger partial charge in [0.2, 0.25) is 23.6 Å². The summed E-state index contributed by atoms with van der Waals surface area (Å²) in [6.45, 7) is 11.7. The van der Waals surface area contributed by atoms with Gasteiger partial charge in [-0.1, -0.05) is 94.8 Å². The maximum Gasteiger partial charge on any atom is 0.327 e. The molecule has 14 heteroatoms. The molecule has 0 spiro atoms. The number of hydrogen-bond donors (Lipinski definition) is 5. The molecule has 0 aromatic heterocycles. The van der Waals surface area contributed by atoms with Gasteiger partial charge in [0.1, 0.15) is 24.1 Å². The fourth-order valence-electron chi connectivity index (χ4n) is 6.05. The zero-order valence-corrected chi connectivity index (χ0v) is 32.8. The van der Waals surface area contributed by atoms with E-state index in [1.807, 2.05) is 50.3 Å². The Hall–Kier alpha value is -5.11. The molecule has 0 radical (unpaired) electrons. The predicted octanol–water partition coefficient (Wildman–Crippen LogP) is 2.69. The van der Waals surface area contributed by atoms with Gasteiger partial charge in [-0.15, -0.1) is 0 Å². The third-order valence-corrected chi connectivity index (χ3v) is 9.64. The quantitative estimate of drug-likeness (QED) is 0.136. The van der Waals surface area contributed by atoms with Crippen molar-refractivity contribution in [1.29, 1.82) is 0 Å². The number of amides is 5. The van der Waals surface area contributed by atoms with Gasteiger partial charge < -0.3 is 40.8 Å². The van der Waals surface area contributed by atoms with E-state index in [4.69, 9.17) is 4.74 Å². The zero-order valence-electron chi connectivity index (χ0n) is 32.8. The molecule has 54 heavy (non-hydrogen) atoms. The summed E-state index contributed by atoms with van der Waals surface area (Å²) in [5, 5.41) is 20.4. The standard InChI is InChI=1S/C40H57N5O9/c1-10-31-38(50)44-35(40(52)53)27(7)37(49)43-34(23(2)3)39(51)42-30(26(6)36(48)41-29(22-46)17-19-33(47)45(31)8)18-16-24(4)20-25(5)32(54-9)21-28-14-12-11-13-15-28/h10-16,18,20,22-23,25-27,29-30,32,34-35H,17,19,21H2,1-9H3,(H,41,48)(H,42,51)(H,43,49)(H,44,50)(H,52,53)/b18-16+,24-20+,31-10-/t25-,26-,27-,29+,30-,32-,34-,35+/m0/s1. The highest BCUT2D eigenvalue weighted by Gasteiger charge is 2.37. The van der Waals surface area contributed by atoms with Crippen LogP contribution in [0.15, 0.2) is 65.9 Å². The van der Waals surface area contributed by atoms with Gasteiger partial charge in [-0.05, 0) is 38.2 Å². The molecule has 2 rings (SSSR count). The molecule has 0 saturated carbocycles. The maximum absolute atomic E-state index is 13.9.